The van der Waals surface area contributed by atoms with Crippen LogP contribution in [0, 0.1) is 11.8 Å². The van der Waals surface area contributed by atoms with Gasteiger partial charge in [0.1, 0.15) is 5.82 Å². The summed E-state index contributed by atoms with van der Waals surface area (Å²) in [4.78, 5) is 8.56. The molecule has 1 fully saturated rings. The zero-order chi connectivity index (χ0) is 13.0. The molecule has 2 rings (SSSR count). The van der Waals surface area contributed by atoms with Crippen LogP contribution in [0.4, 0.5) is 11.8 Å². The minimum absolute atomic E-state index is 0.651. The molecule has 5 heteroatoms. The van der Waals surface area contributed by atoms with Crippen LogP contribution in [0.2, 0.25) is 0 Å². The number of halogens is 1. The Morgan fingerprint density at radius 1 is 1.33 bits per heavy atom. The van der Waals surface area contributed by atoms with Crippen molar-refractivity contribution in [1.29, 1.82) is 0 Å². The first-order chi connectivity index (χ1) is 8.69. The molecule has 1 heterocycles. The molecule has 0 aromatic carbocycles. The van der Waals surface area contributed by atoms with Gasteiger partial charge in [0.15, 0.2) is 0 Å². The van der Waals surface area contributed by atoms with E-state index >= 15 is 0 Å². The molecule has 1 aliphatic rings. The van der Waals surface area contributed by atoms with E-state index in [0.717, 1.165) is 28.7 Å². The fraction of sp³-hybridized carbons (Fsp3) is 0.692. The summed E-state index contributed by atoms with van der Waals surface area (Å²) < 4.78 is 0.922. The van der Waals surface area contributed by atoms with E-state index in [1.807, 2.05) is 7.05 Å². The highest BCUT2D eigenvalue weighted by molar-refractivity contribution is 9.10. The van der Waals surface area contributed by atoms with Crippen LogP contribution in [0.1, 0.15) is 32.6 Å². The second-order valence-electron chi connectivity index (χ2n) is 5.15. The van der Waals surface area contributed by atoms with E-state index in [4.69, 9.17) is 0 Å². The second-order valence-corrected chi connectivity index (χ2v) is 6.00. The molecule has 100 valence electrons. The lowest BCUT2D eigenvalue weighted by molar-refractivity contribution is 0.300. The van der Waals surface area contributed by atoms with Gasteiger partial charge in [-0.05, 0) is 40.6 Å². The fourth-order valence-corrected chi connectivity index (χ4v) is 2.72. The molecular formula is C13H21BrN4. The normalized spacial score (nSPS) is 23.7. The maximum Gasteiger partial charge on any atom is 0.224 e. The number of hydrogen-bond acceptors (Lipinski definition) is 4. The third-order valence-corrected chi connectivity index (χ3v) is 4.24. The summed E-state index contributed by atoms with van der Waals surface area (Å²) in [5, 5.41) is 6.39. The SMILES string of the molecule is CNc1ncc(Br)c(NCC2CCC(C)CC2)n1. The summed E-state index contributed by atoms with van der Waals surface area (Å²) in [7, 11) is 1.83. The van der Waals surface area contributed by atoms with Crippen molar-refractivity contribution in [2.24, 2.45) is 11.8 Å². The third kappa shape index (κ3) is 3.57. The van der Waals surface area contributed by atoms with Crippen LogP contribution >= 0.6 is 15.9 Å². The molecule has 2 N–H and O–H groups in total. The van der Waals surface area contributed by atoms with Gasteiger partial charge in [-0.25, -0.2) is 4.98 Å². The Hall–Kier alpha value is -0.840. The van der Waals surface area contributed by atoms with Crippen LogP contribution in [0.25, 0.3) is 0 Å². The predicted molar refractivity (Wildman–Crippen MR) is 78.9 cm³/mol. The number of anilines is 2. The largest absolute Gasteiger partial charge is 0.369 e. The molecule has 0 bridgehead atoms. The van der Waals surface area contributed by atoms with Gasteiger partial charge in [-0.3, -0.25) is 0 Å². The zero-order valence-electron chi connectivity index (χ0n) is 11.0. The molecule has 0 saturated heterocycles. The average Bonchev–Trinajstić information content (AvgIpc) is 2.40. The minimum atomic E-state index is 0.651. The van der Waals surface area contributed by atoms with E-state index in [1.54, 1.807) is 6.20 Å². The van der Waals surface area contributed by atoms with Gasteiger partial charge in [-0.15, -0.1) is 0 Å². The third-order valence-electron chi connectivity index (χ3n) is 3.66. The Labute approximate surface area is 117 Å². The number of aromatic nitrogens is 2. The van der Waals surface area contributed by atoms with Crippen molar-refractivity contribution in [2.75, 3.05) is 24.2 Å². The fourth-order valence-electron chi connectivity index (χ4n) is 2.39. The van der Waals surface area contributed by atoms with Gasteiger partial charge in [0.05, 0.1) is 4.47 Å². The lowest BCUT2D eigenvalue weighted by atomic mass is 9.83. The smallest absolute Gasteiger partial charge is 0.224 e. The highest BCUT2D eigenvalue weighted by Gasteiger charge is 2.18. The lowest BCUT2D eigenvalue weighted by Gasteiger charge is -2.26. The molecule has 1 saturated carbocycles. The highest BCUT2D eigenvalue weighted by Crippen LogP contribution is 2.29. The Morgan fingerprint density at radius 2 is 2.06 bits per heavy atom. The standard InChI is InChI=1S/C13H21BrN4/c1-9-3-5-10(6-4-9)7-16-12-11(14)8-17-13(15-2)18-12/h8-10H,3-7H2,1-2H3,(H2,15,16,17,18). The van der Waals surface area contributed by atoms with Crippen LogP contribution in [-0.4, -0.2) is 23.6 Å². The van der Waals surface area contributed by atoms with E-state index in [2.05, 4.69) is 43.5 Å². The topological polar surface area (TPSA) is 49.8 Å². The van der Waals surface area contributed by atoms with Crippen molar-refractivity contribution >= 4 is 27.7 Å². The minimum Gasteiger partial charge on any atom is -0.369 e. The van der Waals surface area contributed by atoms with Crippen LogP contribution in [0.3, 0.4) is 0 Å². The van der Waals surface area contributed by atoms with E-state index < -0.39 is 0 Å². The van der Waals surface area contributed by atoms with E-state index in [9.17, 15) is 0 Å². The summed E-state index contributed by atoms with van der Waals surface area (Å²) >= 11 is 3.48. The number of nitrogens with one attached hydrogen (secondary N) is 2. The van der Waals surface area contributed by atoms with Gasteiger partial charge in [-0.2, -0.15) is 4.98 Å². The van der Waals surface area contributed by atoms with Crippen molar-refractivity contribution in [3.8, 4) is 0 Å². The van der Waals surface area contributed by atoms with Gasteiger partial charge >= 0.3 is 0 Å². The molecule has 0 amide bonds. The molecule has 1 aliphatic carbocycles. The first-order valence-corrected chi connectivity index (χ1v) is 7.42. The number of rotatable bonds is 4. The molecule has 18 heavy (non-hydrogen) atoms. The summed E-state index contributed by atoms with van der Waals surface area (Å²) in [5.41, 5.74) is 0. The predicted octanol–water partition coefficient (Wildman–Crippen LogP) is 3.52. The maximum absolute atomic E-state index is 4.41. The monoisotopic (exact) mass is 312 g/mol. The first-order valence-electron chi connectivity index (χ1n) is 6.63. The molecule has 0 spiro atoms. The van der Waals surface area contributed by atoms with Crippen LogP contribution in [0.15, 0.2) is 10.7 Å². The van der Waals surface area contributed by atoms with Crippen LogP contribution < -0.4 is 10.6 Å². The molecular weight excluding hydrogens is 292 g/mol. The van der Waals surface area contributed by atoms with Crippen molar-refractivity contribution in [1.82, 2.24) is 9.97 Å². The van der Waals surface area contributed by atoms with E-state index in [-0.39, 0.29) is 0 Å². The number of hydrogen-bond donors (Lipinski definition) is 2. The van der Waals surface area contributed by atoms with Crippen molar-refractivity contribution in [3.63, 3.8) is 0 Å². The quantitative estimate of drug-likeness (QED) is 0.893. The lowest BCUT2D eigenvalue weighted by Crippen LogP contribution is -2.20. The Kier molecular flexibility index (Phi) is 4.80. The Morgan fingerprint density at radius 3 is 2.72 bits per heavy atom. The van der Waals surface area contributed by atoms with E-state index in [1.165, 1.54) is 25.7 Å². The van der Waals surface area contributed by atoms with E-state index in [0.29, 0.717) is 5.95 Å². The molecule has 0 aliphatic heterocycles. The average molecular weight is 313 g/mol. The van der Waals surface area contributed by atoms with Crippen molar-refractivity contribution in [2.45, 2.75) is 32.6 Å². The van der Waals surface area contributed by atoms with Gasteiger partial charge in [0.25, 0.3) is 0 Å². The summed E-state index contributed by atoms with van der Waals surface area (Å²) in [6.45, 7) is 3.36. The van der Waals surface area contributed by atoms with Gasteiger partial charge in [0.2, 0.25) is 5.95 Å². The Bertz CT molecular complexity index is 389. The van der Waals surface area contributed by atoms with Gasteiger partial charge in [-0.1, -0.05) is 19.8 Å². The molecule has 0 atom stereocenters. The second kappa shape index (κ2) is 6.36. The highest BCUT2D eigenvalue weighted by atomic mass is 79.9. The number of nitrogens with zero attached hydrogens (tertiary/aromatic N) is 2. The molecule has 1 aromatic rings. The molecule has 0 radical (unpaired) electrons. The van der Waals surface area contributed by atoms with Crippen molar-refractivity contribution < 1.29 is 0 Å². The maximum atomic E-state index is 4.41. The Balaban J connectivity index is 1.89. The summed E-state index contributed by atoms with van der Waals surface area (Å²) in [6.07, 6.45) is 7.16. The van der Waals surface area contributed by atoms with Gasteiger partial charge < -0.3 is 10.6 Å². The summed E-state index contributed by atoms with van der Waals surface area (Å²) in [5.74, 6) is 3.22. The molecule has 0 unspecified atom stereocenters. The van der Waals surface area contributed by atoms with Crippen molar-refractivity contribution in [3.05, 3.63) is 10.7 Å². The van der Waals surface area contributed by atoms with Crippen LogP contribution in [0.5, 0.6) is 0 Å². The van der Waals surface area contributed by atoms with Crippen LogP contribution in [-0.2, 0) is 0 Å². The molecule has 4 nitrogen and oxygen atoms in total. The van der Waals surface area contributed by atoms with Gasteiger partial charge in [0, 0.05) is 19.8 Å². The summed E-state index contributed by atoms with van der Waals surface area (Å²) in [6, 6.07) is 0. The zero-order valence-corrected chi connectivity index (χ0v) is 12.6. The molecule has 1 aromatic heterocycles. The first kappa shape index (κ1) is 13.6.